The molecule has 3 rings (SSSR count). The first-order valence-electron chi connectivity index (χ1n) is 7.40. The van der Waals surface area contributed by atoms with Gasteiger partial charge in [-0.05, 0) is 37.6 Å². The molecule has 112 valence electrons. The Morgan fingerprint density at radius 2 is 2.29 bits per heavy atom. The summed E-state index contributed by atoms with van der Waals surface area (Å²) in [7, 11) is 0. The van der Waals surface area contributed by atoms with Gasteiger partial charge in [0.1, 0.15) is 12.4 Å². The lowest BCUT2D eigenvalue weighted by molar-refractivity contribution is 0.291. The second-order valence-electron chi connectivity index (χ2n) is 5.34. The van der Waals surface area contributed by atoms with Gasteiger partial charge in [0.2, 0.25) is 0 Å². The highest BCUT2D eigenvalue weighted by Gasteiger charge is 2.25. The second-order valence-corrected chi connectivity index (χ2v) is 6.26. The molecule has 0 atom stereocenters. The summed E-state index contributed by atoms with van der Waals surface area (Å²) in [6.07, 6.45) is 6.33. The van der Waals surface area contributed by atoms with Crippen LogP contribution in [0.4, 0.5) is 0 Å². The lowest BCUT2D eigenvalue weighted by Crippen LogP contribution is -2.13. The van der Waals surface area contributed by atoms with E-state index in [1.54, 1.807) is 0 Å². The Bertz CT molecular complexity index is 607. The molecule has 2 aromatic rings. The van der Waals surface area contributed by atoms with Crippen LogP contribution in [0.2, 0.25) is 0 Å². The second kappa shape index (κ2) is 6.62. The smallest absolute Gasteiger partial charge is 0.130 e. The fourth-order valence-corrected chi connectivity index (χ4v) is 2.77. The highest BCUT2D eigenvalue weighted by atomic mass is 79.9. The molecule has 1 heterocycles. The average Bonchev–Trinajstić information content (AvgIpc) is 3.23. The van der Waals surface area contributed by atoms with Crippen molar-refractivity contribution in [2.45, 2.75) is 39.0 Å². The predicted molar refractivity (Wildman–Crippen MR) is 86.4 cm³/mol. The van der Waals surface area contributed by atoms with E-state index in [0.717, 1.165) is 29.0 Å². The Hall–Kier alpha value is -1.33. The molecule has 21 heavy (non-hydrogen) atoms. The summed E-state index contributed by atoms with van der Waals surface area (Å²) in [5.74, 6) is 0.933. The lowest BCUT2D eigenvalue weighted by Gasteiger charge is -2.13. The zero-order valence-corrected chi connectivity index (χ0v) is 13.8. The minimum Gasteiger partial charge on any atom is -0.487 e. The van der Waals surface area contributed by atoms with E-state index < -0.39 is 0 Å². The molecule has 1 aromatic heterocycles. The van der Waals surface area contributed by atoms with Crippen LogP contribution in [0.25, 0.3) is 0 Å². The highest BCUT2D eigenvalue weighted by molar-refractivity contribution is 9.10. The summed E-state index contributed by atoms with van der Waals surface area (Å²) in [6.45, 7) is 4.43. The number of ether oxygens (including phenoxy) is 1. The van der Waals surface area contributed by atoms with Crippen LogP contribution >= 0.6 is 15.9 Å². The number of nitrogens with zero attached hydrogens (tertiary/aromatic N) is 2. The molecule has 0 saturated heterocycles. The lowest BCUT2D eigenvalue weighted by atomic mass is 10.2. The molecule has 1 aromatic carbocycles. The molecule has 1 aliphatic carbocycles. The van der Waals surface area contributed by atoms with Gasteiger partial charge in [-0.25, -0.2) is 4.98 Å². The van der Waals surface area contributed by atoms with E-state index in [2.05, 4.69) is 43.8 Å². The van der Waals surface area contributed by atoms with Gasteiger partial charge in [-0.3, -0.25) is 0 Å². The molecule has 5 heteroatoms. The Morgan fingerprint density at radius 1 is 1.43 bits per heavy atom. The number of nitrogens with one attached hydrogen (secondary N) is 1. The van der Waals surface area contributed by atoms with Gasteiger partial charge >= 0.3 is 0 Å². The van der Waals surface area contributed by atoms with Crippen molar-refractivity contribution in [2.24, 2.45) is 0 Å². The van der Waals surface area contributed by atoms with Crippen molar-refractivity contribution in [1.82, 2.24) is 14.9 Å². The first kappa shape index (κ1) is 14.6. The monoisotopic (exact) mass is 349 g/mol. The van der Waals surface area contributed by atoms with Gasteiger partial charge < -0.3 is 14.6 Å². The Kier molecular flexibility index (Phi) is 4.60. The summed E-state index contributed by atoms with van der Waals surface area (Å²) < 4.78 is 9.34. The molecule has 1 saturated carbocycles. The third-order valence-electron chi connectivity index (χ3n) is 3.65. The van der Waals surface area contributed by atoms with Crippen LogP contribution in [-0.4, -0.2) is 16.1 Å². The number of rotatable bonds is 7. The largest absolute Gasteiger partial charge is 0.487 e. The molecule has 1 N–H and O–H groups in total. The van der Waals surface area contributed by atoms with Gasteiger partial charge in [-0.2, -0.15) is 0 Å². The van der Waals surface area contributed by atoms with Crippen molar-refractivity contribution < 1.29 is 4.74 Å². The maximum absolute atomic E-state index is 6.03. The summed E-state index contributed by atoms with van der Waals surface area (Å²) in [6, 6.07) is 6.78. The zero-order chi connectivity index (χ0) is 14.7. The molecule has 1 aliphatic rings. The molecule has 0 amide bonds. The van der Waals surface area contributed by atoms with E-state index in [1.165, 1.54) is 18.4 Å². The zero-order valence-electron chi connectivity index (χ0n) is 12.2. The van der Waals surface area contributed by atoms with Crippen LogP contribution in [0.5, 0.6) is 5.75 Å². The third kappa shape index (κ3) is 3.66. The number of hydrogen-bond donors (Lipinski definition) is 1. The summed E-state index contributed by atoms with van der Waals surface area (Å²) in [5.41, 5.74) is 2.32. The van der Waals surface area contributed by atoms with E-state index in [1.807, 2.05) is 24.7 Å². The molecular formula is C16H20BrN3O. The number of halogens is 1. The highest BCUT2D eigenvalue weighted by Crippen LogP contribution is 2.36. The molecule has 0 aliphatic heterocycles. The minimum atomic E-state index is 0.567. The van der Waals surface area contributed by atoms with Crippen LogP contribution < -0.4 is 10.1 Å². The number of imidazole rings is 1. The van der Waals surface area contributed by atoms with Crippen LogP contribution in [0, 0.1) is 0 Å². The molecule has 4 nitrogen and oxygen atoms in total. The maximum atomic E-state index is 6.03. The van der Waals surface area contributed by atoms with Crippen LogP contribution in [0.15, 0.2) is 35.2 Å². The van der Waals surface area contributed by atoms with Gasteiger partial charge in [0.25, 0.3) is 0 Å². The Morgan fingerprint density at radius 3 is 3.05 bits per heavy atom. The van der Waals surface area contributed by atoms with E-state index in [4.69, 9.17) is 4.74 Å². The first-order chi connectivity index (χ1) is 10.3. The van der Waals surface area contributed by atoms with Crippen LogP contribution in [0.1, 0.15) is 37.1 Å². The summed E-state index contributed by atoms with van der Waals surface area (Å²) in [4.78, 5) is 4.24. The van der Waals surface area contributed by atoms with Gasteiger partial charge in [-0.15, -0.1) is 0 Å². The summed E-state index contributed by atoms with van der Waals surface area (Å²) >= 11 is 3.52. The van der Waals surface area contributed by atoms with Crippen molar-refractivity contribution in [3.63, 3.8) is 0 Å². The van der Waals surface area contributed by atoms with Gasteiger partial charge in [0.15, 0.2) is 0 Å². The maximum Gasteiger partial charge on any atom is 0.130 e. The first-order valence-corrected chi connectivity index (χ1v) is 8.20. The summed E-state index contributed by atoms with van der Waals surface area (Å²) in [5, 5.41) is 3.35. The molecule has 0 spiro atoms. The van der Waals surface area contributed by atoms with Crippen LogP contribution in [-0.2, 0) is 13.2 Å². The molecular weight excluding hydrogens is 330 g/mol. The number of aromatic nitrogens is 2. The number of benzene rings is 1. The fourth-order valence-electron chi connectivity index (χ4n) is 2.36. The van der Waals surface area contributed by atoms with Crippen molar-refractivity contribution in [1.29, 1.82) is 0 Å². The van der Waals surface area contributed by atoms with Crippen LogP contribution in [0.3, 0.4) is 0 Å². The Balaban J connectivity index is 1.70. The van der Waals surface area contributed by atoms with Gasteiger partial charge in [0, 0.05) is 22.6 Å². The quantitative estimate of drug-likeness (QED) is 0.828. The fraction of sp³-hybridized carbons (Fsp3) is 0.438. The van der Waals surface area contributed by atoms with Crippen molar-refractivity contribution in [3.8, 4) is 5.75 Å². The minimum absolute atomic E-state index is 0.567. The number of hydrogen-bond acceptors (Lipinski definition) is 3. The van der Waals surface area contributed by atoms with E-state index in [0.29, 0.717) is 12.6 Å². The van der Waals surface area contributed by atoms with Gasteiger partial charge in [0.05, 0.1) is 18.2 Å². The van der Waals surface area contributed by atoms with E-state index >= 15 is 0 Å². The standard InChI is InChI=1S/C16H20BrN3O/c1-2-18-8-12-7-13(17)3-6-16(12)21-10-15-9-19-11-20(15)14-4-5-14/h3,6-7,9,11,14,18H,2,4-5,8,10H2,1H3. The van der Waals surface area contributed by atoms with Gasteiger partial charge in [-0.1, -0.05) is 22.9 Å². The topological polar surface area (TPSA) is 39.1 Å². The Labute approximate surface area is 133 Å². The van der Waals surface area contributed by atoms with Crippen molar-refractivity contribution >= 4 is 15.9 Å². The molecule has 0 radical (unpaired) electrons. The average molecular weight is 350 g/mol. The normalized spacial score (nSPS) is 14.4. The van der Waals surface area contributed by atoms with Crippen molar-refractivity contribution in [2.75, 3.05) is 6.54 Å². The molecule has 0 unspecified atom stereocenters. The van der Waals surface area contributed by atoms with E-state index in [9.17, 15) is 0 Å². The third-order valence-corrected chi connectivity index (χ3v) is 4.14. The predicted octanol–water partition coefficient (Wildman–Crippen LogP) is 3.67. The molecule has 1 fully saturated rings. The molecule has 0 bridgehead atoms. The SMILES string of the molecule is CCNCc1cc(Br)ccc1OCc1cncn1C1CC1. The van der Waals surface area contributed by atoms with Crippen molar-refractivity contribution in [3.05, 3.63) is 46.5 Å². The van der Waals surface area contributed by atoms with E-state index in [-0.39, 0.29) is 0 Å².